The molecular formula is C27H27N3O4S. The molecule has 1 aromatic carbocycles. The van der Waals surface area contributed by atoms with Crippen LogP contribution < -0.4 is 20.1 Å². The van der Waals surface area contributed by atoms with Gasteiger partial charge in [-0.25, -0.2) is 4.98 Å². The molecule has 0 bridgehead atoms. The van der Waals surface area contributed by atoms with Crippen molar-refractivity contribution < 1.29 is 18.7 Å². The maximum atomic E-state index is 13.0. The first-order chi connectivity index (χ1) is 17.2. The zero-order valence-electron chi connectivity index (χ0n) is 19.7. The second kappa shape index (κ2) is 10.2. The topological polar surface area (TPSA) is 85.6 Å². The number of carbonyl (C=O) groups excluding carboxylic acids is 1. The average Bonchev–Trinajstić information content (AvgIpc) is 3.56. The molecule has 3 aromatic heterocycles. The Bertz CT molecular complexity index is 1300. The van der Waals surface area contributed by atoms with Gasteiger partial charge in [0.2, 0.25) is 0 Å². The van der Waals surface area contributed by atoms with Crippen molar-refractivity contribution in [3.63, 3.8) is 0 Å². The van der Waals surface area contributed by atoms with Crippen LogP contribution in [0.4, 0.5) is 10.8 Å². The number of carbonyl (C=O) groups is 1. The molecule has 1 aliphatic carbocycles. The molecular weight excluding hydrogens is 462 g/mol. The number of nitrogens with zero attached hydrogens (tertiary/aromatic N) is 1. The number of aryl methyl sites for hydroxylation is 1. The lowest BCUT2D eigenvalue weighted by atomic mass is 9.89. The molecule has 0 aliphatic heterocycles. The molecule has 1 atom stereocenters. The number of furan rings is 1. The number of nitrogens with one attached hydrogen (secondary N) is 2. The molecule has 5 rings (SSSR count). The van der Waals surface area contributed by atoms with E-state index in [4.69, 9.17) is 13.9 Å². The summed E-state index contributed by atoms with van der Waals surface area (Å²) in [6.07, 6.45) is 7.44. The van der Waals surface area contributed by atoms with Crippen molar-refractivity contribution in [2.45, 2.75) is 31.7 Å². The van der Waals surface area contributed by atoms with Gasteiger partial charge < -0.3 is 24.5 Å². The number of ether oxygens (including phenoxy) is 2. The fourth-order valence-corrected chi connectivity index (χ4v) is 5.85. The second-order valence-electron chi connectivity index (χ2n) is 8.29. The van der Waals surface area contributed by atoms with Crippen LogP contribution in [-0.2, 0) is 12.8 Å². The molecule has 3 heterocycles. The van der Waals surface area contributed by atoms with E-state index in [0.717, 1.165) is 59.1 Å². The van der Waals surface area contributed by atoms with Crippen LogP contribution in [-0.4, -0.2) is 25.1 Å². The number of aromatic nitrogens is 1. The van der Waals surface area contributed by atoms with Crippen LogP contribution in [0.3, 0.4) is 0 Å². The lowest BCUT2D eigenvalue weighted by Crippen LogP contribution is -2.19. The molecule has 7 nitrogen and oxygen atoms in total. The van der Waals surface area contributed by atoms with E-state index >= 15 is 0 Å². The van der Waals surface area contributed by atoms with E-state index in [1.165, 1.54) is 16.7 Å². The lowest BCUT2D eigenvalue weighted by molar-refractivity contribution is 0.0997. The summed E-state index contributed by atoms with van der Waals surface area (Å²) in [6.45, 7) is 0. The van der Waals surface area contributed by atoms with Gasteiger partial charge in [-0.3, -0.25) is 4.79 Å². The highest BCUT2D eigenvalue weighted by molar-refractivity contribution is 7.16. The smallest absolute Gasteiger partial charge is 0.291 e. The third-order valence-electron chi connectivity index (χ3n) is 6.18. The van der Waals surface area contributed by atoms with Gasteiger partial charge in [0.1, 0.15) is 22.3 Å². The Balaban J connectivity index is 1.67. The Labute approximate surface area is 208 Å². The fraction of sp³-hybridized carbons (Fsp3) is 0.259. The number of rotatable bonds is 8. The van der Waals surface area contributed by atoms with E-state index in [9.17, 15) is 4.79 Å². The summed E-state index contributed by atoms with van der Waals surface area (Å²) < 4.78 is 16.7. The van der Waals surface area contributed by atoms with E-state index in [1.807, 2.05) is 36.4 Å². The monoisotopic (exact) mass is 489 g/mol. The van der Waals surface area contributed by atoms with Crippen molar-refractivity contribution in [3.05, 3.63) is 88.3 Å². The maximum absolute atomic E-state index is 13.0. The van der Waals surface area contributed by atoms with Gasteiger partial charge in [0.15, 0.2) is 5.76 Å². The third kappa shape index (κ3) is 4.74. The van der Waals surface area contributed by atoms with Gasteiger partial charge in [0, 0.05) is 22.2 Å². The molecule has 2 N–H and O–H groups in total. The van der Waals surface area contributed by atoms with Gasteiger partial charge >= 0.3 is 0 Å². The Morgan fingerprint density at radius 1 is 1.09 bits per heavy atom. The quantitative estimate of drug-likeness (QED) is 0.312. The number of hydrogen-bond acceptors (Lipinski definition) is 7. The van der Waals surface area contributed by atoms with Gasteiger partial charge in [-0.1, -0.05) is 6.07 Å². The van der Waals surface area contributed by atoms with Crippen molar-refractivity contribution in [3.8, 4) is 11.5 Å². The molecule has 0 saturated carbocycles. The Hall–Kier alpha value is -3.78. The van der Waals surface area contributed by atoms with Crippen molar-refractivity contribution >= 4 is 28.1 Å². The Morgan fingerprint density at radius 2 is 1.97 bits per heavy atom. The molecule has 1 aliphatic rings. The van der Waals surface area contributed by atoms with Crippen LogP contribution in [0.1, 0.15) is 51.0 Å². The predicted molar refractivity (Wildman–Crippen MR) is 137 cm³/mol. The molecule has 8 heteroatoms. The second-order valence-corrected chi connectivity index (χ2v) is 9.39. The highest BCUT2D eigenvalue weighted by Gasteiger charge is 2.31. The summed E-state index contributed by atoms with van der Waals surface area (Å²) in [4.78, 5) is 18.8. The number of fused-ring (bicyclic) bond motifs is 1. The standard InChI is InChI=1S/C27H27N3O4S/c1-32-17-12-13-20(33-2)19(16-17)25(29-23-11-5-6-14-28-23)24-18-8-3-4-10-22(18)35-27(24)30-26(31)21-9-7-15-34-21/h5-7,9,11-16,25H,3-4,8,10H2,1-2H3,(H,28,29)(H,30,31)/t25-/m0/s1. The highest BCUT2D eigenvalue weighted by atomic mass is 32.1. The normalized spacial score (nSPS) is 13.5. The Kier molecular flexibility index (Phi) is 6.72. The van der Waals surface area contributed by atoms with Crippen molar-refractivity contribution in [1.82, 2.24) is 4.98 Å². The van der Waals surface area contributed by atoms with Crippen molar-refractivity contribution in [1.29, 1.82) is 0 Å². The van der Waals surface area contributed by atoms with Crippen LogP contribution in [0.2, 0.25) is 0 Å². The SMILES string of the molecule is COc1ccc(OC)c([C@H](Nc2ccccn2)c2c(NC(=O)c3ccco3)sc3c2CCCC3)c1. The number of anilines is 2. The minimum Gasteiger partial charge on any atom is -0.497 e. The predicted octanol–water partition coefficient (Wildman–Crippen LogP) is 6.09. The van der Waals surface area contributed by atoms with E-state index in [0.29, 0.717) is 0 Å². The summed E-state index contributed by atoms with van der Waals surface area (Å²) >= 11 is 1.64. The first-order valence-electron chi connectivity index (χ1n) is 11.6. The number of amides is 1. The fourth-order valence-electron chi connectivity index (χ4n) is 4.53. The lowest BCUT2D eigenvalue weighted by Gasteiger charge is -2.25. The summed E-state index contributed by atoms with van der Waals surface area (Å²) in [7, 11) is 3.31. The molecule has 0 fully saturated rings. The molecule has 0 saturated heterocycles. The number of thiophene rings is 1. The number of pyridine rings is 1. The largest absolute Gasteiger partial charge is 0.497 e. The number of hydrogen-bond donors (Lipinski definition) is 2. The van der Waals surface area contributed by atoms with Gasteiger partial charge in [-0.2, -0.15) is 0 Å². The number of methoxy groups -OCH3 is 2. The average molecular weight is 490 g/mol. The van der Waals surface area contributed by atoms with E-state index in [1.54, 1.807) is 43.9 Å². The molecule has 4 aromatic rings. The van der Waals surface area contributed by atoms with Crippen LogP contribution in [0.5, 0.6) is 11.5 Å². The first-order valence-corrected chi connectivity index (χ1v) is 12.4. The molecule has 0 unspecified atom stereocenters. The molecule has 0 radical (unpaired) electrons. The summed E-state index contributed by atoms with van der Waals surface area (Å²) in [6, 6.07) is 14.6. The van der Waals surface area contributed by atoms with Gasteiger partial charge in [-0.05, 0) is 73.7 Å². The molecule has 1 amide bonds. The van der Waals surface area contributed by atoms with E-state index < -0.39 is 0 Å². The first kappa shape index (κ1) is 23.0. The minimum atomic E-state index is -0.333. The third-order valence-corrected chi connectivity index (χ3v) is 7.40. The molecule has 0 spiro atoms. The van der Waals surface area contributed by atoms with Crippen LogP contribution in [0.25, 0.3) is 0 Å². The summed E-state index contributed by atoms with van der Waals surface area (Å²) in [5.74, 6) is 2.16. The van der Waals surface area contributed by atoms with Crippen LogP contribution >= 0.6 is 11.3 Å². The van der Waals surface area contributed by atoms with E-state index in [2.05, 4.69) is 15.6 Å². The van der Waals surface area contributed by atoms with Gasteiger partial charge in [0.25, 0.3) is 5.91 Å². The minimum absolute atomic E-state index is 0.274. The maximum Gasteiger partial charge on any atom is 0.291 e. The summed E-state index contributed by atoms with van der Waals surface area (Å²) in [5, 5.41) is 7.54. The van der Waals surface area contributed by atoms with E-state index in [-0.39, 0.29) is 17.7 Å². The van der Waals surface area contributed by atoms with Gasteiger partial charge in [0.05, 0.1) is 26.5 Å². The van der Waals surface area contributed by atoms with Gasteiger partial charge in [-0.15, -0.1) is 11.3 Å². The highest BCUT2D eigenvalue weighted by Crippen LogP contribution is 2.46. The Morgan fingerprint density at radius 3 is 2.71 bits per heavy atom. The molecule has 35 heavy (non-hydrogen) atoms. The van der Waals surface area contributed by atoms with Crippen LogP contribution in [0.15, 0.2) is 65.4 Å². The van der Waals surface area contributed by atoms with Crippen molar-refractivity contribution in [2.75, 3.05) is 24.9 Å². The molecule has 180 valence electrons. The zero-order valence-corrected chi connectivity index (χ0v) is 20.5. The zero-order chi connectivity index (χ0) is 24.2. The van der Waals surface area contributed by atoms with Crippen LogP contribution in [0, 0.1) is 0 Å². The summed E-state index contributed by atoms with van der Waals surface area (Å²) in [5.41, 5.74) is 3.20. The number of benzene rings is 1. The van der Waals surface area contributed by atoms with Crippen molar-refractivity contribution in [2.24, 2.45) is 0 Å².